The molecule has 6 nitrogen and oxygen atoms in total. The third-order valence-corrected chi connectivity index (χ3v) is 3.26. The number of halogens is 1. The SMILES string of the molecule is COCCNCC(=O)N(C)Cc1cnn(-c2ccccc2)c1.Cl. The van der Waals surface area contributed by atoms with Crippen LogP contribution in [0.25, 0.3) is 5.69 Å². The number of carbonyl (C=O) groups excluding carboxylic acids is 1. The van der Waals surface area contributed by atoms with Gasteiger partial charge in [0.05, 0.1) is 25.0 Å². The predicted molar refractivity (Wildman–Crippen MR) is 92.0 cm³/mol. The lowest BCUT2D eigenvalue weighted by Gasteiger charge is -2.16. The van der Waals surface area contributed by atoms with Crippen molar-refractivity contribution in [3.63, 3.8) is 0 Å². The first-order valence-corrected chi connectivity index (χ1v) is 7.23. The number of benzene rings is 1. The number of likely N-dealkylation sites (N-methyl/N-ethyl adjacent to an activating group) is 1. The monoisotopic (exact) mass is 338 g/mol. The maximum absolute atomic E-state index is 12.0. The van der Waals surface area contributed by atoms with Crippen molar-refractivity contribution in [2.75, 3.05) is 33.9 Å². The Kier molecular flexibility index (Phi) is 8.32. The van der Waals surface area contributed by atoms with E-state index in [0.29, 0.717) is 26.2 Å². The zero-order valence-electron chi connectivity index (χ0n) is 13.4. The van der Waals surface area contributed by atoms with Gasteiger partial charge in [-0.3, -0.25) is 4.79 Å². The molecule has 0 saturated carbocycles. The van der Waals surface area contributed by atoms with Crippen LogP contribution in [-0.4, -0.2) is 54.4 Å². The second-order valence-corrected chi connectivity index (χ2v) is 5.05. The van der Waals surface area contributed by atoms with Crippen LogP contribution in [0.1, 0.15) is 5.56 Å². The van der Waals surface area contributed by atoms with Gasteiger partial charge in [-0.15, -0.1) is 12.4 Å². The lowest BCUT2D eigenvalue weighted by atomic mass is 10.3. The maximum Gasteiger partial charge on any atom is 0.236 e. The number of nitrogens with one attached hydrogen (secondary N) is 1. The molecule has 2 aromatic rings. The van der Waals surface area contributed by atoms with Crippen LogP contribution >= 0.6 is 12.4 Å². The average molecular weight is 339 g/mol. The van der Waals surface area contributed by atoms with Crippen molar-refractivity contribution in [1.29, 1.82) is 0 Å². The number of methoxy groups -OCH3 is 1. The van der Waals surface area contributed by atoms with Crippen LogP contribution in [0.5, 0.6) is 0 Å². The first-order valence-electron chi connectivity index (χ1n) is 7.23. The Labute approximate surface area is 142 Å². The van der Waals surface area contributed by atoms with Crippen molar-refractivity contribution in [2.45, 2.75) is 6.54 Å². The van der Waals surface area contributed by atoms with Gasteiger partial charge >= 0.3 is 0 Å². The third kappa shape index (κ3) is 6.02. The van der Waals surface area contributed by atoms with Gasteiger partial charge in [-0.1, -0.05) is 18.2 Å². The summed E-state index contributed by atoms with van der Waals surface area (Å²) >= 11 is 0. The molecule has 2 rings (SSSR count). The van der Waals surface area contributed by atoms with Crippen LogP contribution < -0.4 is 5.32 Å². The summed E-state index contributed by atoms with van der Waals surface area (Å²) in [6.07, 6.45) is 3.73. The molecule has 1 aromatic heterocycles. The highest BCUT2D eigenvalue weighted by atomic mass is 35.5. The molecule has 1 heterocycles. The zero-order valence-corrected chi connectivity index (χ0v) is 14.3. The lowest BCUT2D eigenvalue weighted by Crippen LogP contribution is -2.36. The summed E-state index contributed by atoms with van der Waals surface area (Å²) in [5.74, 6) is 0.0450. The van der Waals surface area contributed by atoms with Crippen LogP contribution in [-0.2, 0) is 16.1 Å². The van der Waals surface area contributed by atoms with Gasteiger partial charge in [-0.25, -0.2) is 4.68 Å². The summed E-state index contributed by atoms with van der Waals surface area (Å²) in [6, 6.07) is 9.89. The van der Waals surface area contributed by atoms with Crippen molar-refractivity contribution in [2.24, 2.45) is 0 Å². The summed E-state index contributed by atoms with van der Waals surface area (Å²) in [4.78, 5) is 13.7. The molecule has 0 aliphatic carbocycles. The Balaban J connectivity index is 0.00000264. The number of nitrogens with zero attached hydrogens (tertiary/aromatic N) is 3. The quantitative estimate of drug-likeness (QED) is 0.741. The van der Waals surface area contributed by atoms with E-state index in [1.165, 1.54) is 0 Å². The standard InChI is InChI=1S/C16H22N4O2.ClH/c1-19(16(21)11-17-8-9-22-2)12-14-10-18-20(13-14)15-6-4-3-5-7-15;/h3-7,10,13,17H,8-9,11-12H2,1-2H3;1H. The van der Waals surface area contributed by atoms with E-state index in [2.05, 4.69) is 10.4 Å². The number of ether oxygens (including phenoxy) is 1. The molecule has 23 heavy (non-hydrogen) atoms. The minimum Gasteiger partial charge on any atom is -0.383 e. The molecule has 1 aromatic carbocycles. The Bertz CT molecular complexity index is 589. The van der Waals surface area contributed by atoms with Crippen LogP contribution in [0, 0.1) is 0 Å². The summed E-state index contributed by atoms with van der Waals surface area (Å²) in [5, 5.41) is 7.38. The highest BCUT2D eigenvalue weighted by molar-refractivity contribution is 5.85. The topological polar surface area (TPSA) is 59.4 Å². The smallest absolute Gasteiger partial charge is 0.236 e. The Morgan fingerprint density at radius 1 is 1.35 bits per heavy atom. The van der Waals surface area contributed by atoms with Crippen LogP contribution in [0.2, 0.25) is 0 Å². The molecule has 0 aliphatic heterocycles. The molecule has 0 unspecified atom stereocenters. The van der Waals surface area contributed by atoms with Gasteiger partial charge in [-0.05, 0) is 12.1 Å². The Morgan fingerprint density at radius 2 is 2.09 bits per heavy atom. The summed E-state index contributed by atoms with van der Waals surface area (Å²) in [5.41, 5.74) is 2.00. The van der Waals surface area contributed by atoms with E-state index in [1.54, 1.807) is 25.3 Å². The van der Waals surface area contributed by atoms with E-state index in [4.69, 9.17) is 4.74 Å². The third-order valence-electron chi connectivity index (χ3n) is 3.26. The van der Waals surface area contributed by atoms with Gasteiger partial charge in [0.2, 0.25) is 5.91 Å². The van der Waals surface area contributed by atoms with Gasteiger partial charge < -0.3 is 15.0 Å². The number of rotatable bonds is 8. The van der Waals surface area contributed by atoms with E-state index >= 15 is 0 Å². The average Bonchev–Trinajstić information content (AvgIpc) is 3.00. The maximum atomic E-state index is 12.0. The molecule has 0 spiro atoms. The fourth-order valence-corrected chi connectivity index (χ4v) is 2.03. The first-order chi connectivity index (χ1) is 10.7. The first kappa shape index (κ1) is 19.2. The van der Waals surface area contributed by atoms with Crippen LogP contribution in [0.4, 0.5) is 0 Å². The van der Waals surface area contributed by atoms with Gasteiger partial charge in [0.25, 0.3) is 0 Å². The van der Waals surface area contributed by atoms with Crippen molar-refractivity contribution in [3.05, 3.63) is 48.3 Å². The molecule has 7 heteroatoms. The second-order valence-electron chi connectivity index (χ2n) is 5.05. The number of hydrogen-bond acceptors (Lipinski definition) is 4. The molecule has 1 N–H and O–H groups in total. The predicted octanol–water partition coefficient (Wildman–Crippen LogP) is 1.49. The van der Waals surface area contributed by atoms with E-state index < -0.39 is 0 Å². The fraction of sp³-hybridized carbons (Fsp3) is 0.375. The van der Waals surface area contributed by atoms with E-state index in [9.17, 15) is 4.79 Å². The number of hydrogen-bond donors (Lipinski definition) is 1. The number of para-hydroxylation sites is 1. The zero-order chi connectivity index (χ0) is 15.8. The molecule has 0 aliphatic rings. The molecule has 0 bridgehead atoms. The van der Waals surface area contributed by atoms with Crippen molar-refractivity contribution >= 4 is 18.3 Å². The number of carbonyl (C=O) groups is 1. The van der Waals surface area contributed by atoms with Crippen molar-refractivity contribution in [3.8, 4) is 5.69 Å². The minimum absolute atomic E-state index is 0. The molecule has 0 fully saturated rings. The van der Waals surface area contributed by atoms with E-state index in [0.717, 1.165) is 11.3 Å². The van der Waals surface area contributed by atoms with Gasteiger partial charge in [0, 0.05) is 39.0 Å². The Hall–Kier alpha value is -1.89. The molecule has 1 amide bonds. The molecular formula is C16H23ClN4O2. The van der Waals surface area contributed by atoms with Crippen LogP contribution in [0.15, 0.2) is 42.7 Å². The van der Waals surface area contributed by atoms with Gasteiger partial charge in [0.1, 0.15) is 0 Å². The number of aromatic nitrogens is 2. The molecule has 0 radical (unpaired) electrons. The lowest BCUT2D eigenvalue weighted by molar-refractivity contribution is -0.129. The van der Waals surface area contributed by atoms with E-state index in [-0.39, 0.29) is 18.3 Å². The summed E-state index contributed by atoms with van der Waals surface area (Å²) in [7, 11) is 3.43. The molecule has 0 saturated heterocycles. The molecular weight excluding hydrogens is 316 g/mol. The second kappa shape index (κ2) is 9.99. The van der Waals surface area contributed by atoms with Crippen LogP contribution in [0.3, 0.4) is 0 Å². The van der Waals surface area contributed by atoms with Gasteiger partial charge in [-0.2, -0.15) is 5.10 Å². The highest BCUT2D eigenvalue weighted by Crippen LogP contribution is 2.09. The largest absolute Gasteiger partial charge is 0.383 e. The molecule has 0 atom stereocenters. The number of amides is 1. The normalized spacial score (nSPS) is 10.2. The minimum atomic E-state index is 0. The summed E-state index contributed by atoms with van der Waals surface area (Å²) < 4.78 is 6.74. The van der Waals surface area contributed by atoms with Gasteiger partial charge in [0.15, 0.2) is 0 Å². The van der Waals surface area contributed by atoms with Crippen molar-refractivity contribution in [1.82, 2.24) is 20.0 Å². The fourth-order valence-electron chi connectivity index (χ4n) is 2.03. The van der Waals surface area contributed by atoms with E-state index in [1.807, 2.05) is 41.2 Å². The Morgan fingerprint density at radius 3 is 2.78 bits per heavy atom. The highest BCUT2D eigenvalue weighted by Gasteiger charge is 2.10. The molecule has 126 valence electrons. The van der Waals surface area contributed by atoms with Crippen molar-refractivity contribution < 1.29 is 9.53 Å². The summed E-state index contributed by atoms with van der Waals surface area (Å²) in [6.45, 7) is 2.12.